The van der Waals surface area contributed by atoms with Crippen molar-refractivity contribution in [2.24, 2.45) is 0 Å². The lowest BCUT2D eigenvalue weighted by molar-refractivity contribution is 0.659. The van der Waals surface area contributed by atoms with E-state index in [4.69, 9.17) is 11.6 Å². The summed E-state index contributed by atoms with van der Waals surface area (Å²) in [7, 11) is 0. The molecule has 0 aliphatic rings. The summed E-state index contributed by atoms with van der Waals surface area (Å²) >= 11 is 9.33. The zero-order valence-electron chi connectivity index (χ0n) is 9.53. The van der Waals surface area contributed by atoms with Crippen molar-refractivity contribution in [1.82, 2.24) is 14.8 Å². The van der Waals surface area contributed by atoms with E-state index in [1.165, 1.54) is 0 Å². The van der Waals surface area contributed by atoms with E-state index in [-0.39, 0.29) is 0 Å². The zero-order chi connectivity index (χ0) is 12.3. The third-order valence-corrected chi connectivity index (χ3v) is 3.21. The Hall–Kier alpha value is -0.870. The van der Waals surface area contributed by atoms with E-state index in [0.717, 1.165) is 34.7 Å². The quantitative estimate of drug-likeness (QED) is 0.802. The van der Waals surface area contributed by atoms with Crippen LogP contribution in [0.25, 0.3) is 11.4 Å². The van der Waals surface area contributed by atoms with Gasteiger partial charge in [-0.15, -0.1) is 21.8 Å². The van der Waals surface area contributed by atoms with Crippen LogP contribution in [0.15, 0.2) is 28.7 Å². The minimum absolute atomic E-state index is 0.390. The van der Waals surface area contributed by atoms with Gasteiger partial charge in [0.05, 0.1) is 5.88 Å². The van der Waals surface area contributed by atoms with Gasteiger partial charge in [0, 0.05) is 16.6 Å². The number of aromatic nitrogens is 3. The molecule has 0 spiro atoms. The molecule has 0 aliphatic heterocycles. The Morgan fingerprint density at radius 2 is 2.18 bits per heavy atom. The molecule has 17 heavy (non-hydrogen) atoms. The molecule has 0 N–H and O–H groups in total. The third kappa shape index (κ3) is 2.69. The number of benzene rings is 1. The molecule has 0 aliphatic carbocycles. The normalized spacial score (nSPS) is 10.8. The van der Waals surface area contributed by atoms with E-state index in [9.17, 15) is 0 Å². The van der Waals surface area contributed by atoms with Crippen molar-refractivity contribution in [2.45, 2.75) is 25.8 Å². The van der Waals surface area contributed by atoms with Crippen molar-refractivity contribution in [3.05, 3.63) is 34.6 Å². The van der Waals surface area contributed by atoms with Gasteiger partial charge in [-0.25, -0.2) is 0 Å². The van der Waals surface area contributed by atoms with Gasteiger partial charge in [0.1, 0.15) is 5.82 Å². The lowest BCUT2D eigenvalue weighted by Gasteiger charge is -2.07. The van der Waals surface area contributed by atoms with Gasteiger partial charge >= 0.3 is 0 Å². The van der Waals surface area contributed by atoms with E-state index >= 15 is 0 Å². The van der Waals surface area contributed by atoms with Crippen LogP contribution in [0.5, 0.6) is 0 Å². The second-order valence-corrected chi connectivity index (χ2v) is 4.92. The van der Waals surface area contributed by atoms with Crippen LogP contribution in [-0.4, -0.2) is 14.8 Å². The fraction of sp³-hybridized carbons (Fsp3) is 0.333. The van der Waals surface area contributed by atoms with E-state index in [1.54, 1.807) is 0 Å². The van der Waals surface area contributed by atoms with Gasteiger partial charge in [0.15, 0.2) is 5.82 Å². The number of hydrogen-bond donors (Lipinski definition) is 0. The summed E-state index contributed by atoms with van der Waals surface area (Å²) in [4.78, 5) is 0. The lowest BCUT2D eigenvalue weighted by atomic mass is 10.2. The third-order valence-electron chi connectivity index (χ3n) is 2.48. The van der Waals surface area contributed by atoms with Gasteiger partial charge in [0.2, 0.25) is 0 Å². The molecule has 0 radical (unpaired) electrons. The molecule has 5 heteroatoms. The topological polar surface area (TPSA) is 30.7 Å². The number of hydrogen-bond acceptors (Lipinski definition) is 2. The summed E-state index contributed by atoms with van der Waals surface area (Å²) in [6.45, 7) is 3.01. The summed E-state index contributed by atoms with van der Waals surface area (Å²) in [6.07, 6.45) is 1.03. The van der Waals surface area contributed by atoms with Gasteiger partial charge in [-0.3, -0.25) is 0 Å². The highest BCUT2D eigenvalue weighted by Gasteiger charge is 2.12. The van der Waals surface area contributed by atoms with Crippen molar-refractivity contribution in [3.8, 4) is 11.4 Å². The molecule has 0 bridgehead atoms. The summed E-state index contributed by atoms with van der Waals surface area (Å²) in [5, 5.41) is 8.35. The predicted molar refractivity (Wildman–Crippen MR) is 73.0 cm³/mol. The van der Waals surface area contributed by atoms with Crippen LogP contribution in [-0.2, 0) is 12.4 Å². The first-order valence-corrected chi connectivity index (χ1v) is 6.83. The van der Waals surface area contributed by atoms with Crippen LogP contribution in [0.2, 0.25) is 0 Å². The SMILES string of the molecule is CCCn1c(CCl)nnc1-c1cccc(Br)c1. The lowest BCUT2D eigenvalue weighted by Crippen LogP contribution is -2.03. The Labute approximate surface area is 114 Å². The highest BCUT2D eigenvalue weighted by molar-refractivity contribution is 9.10. The van der Waals surface area contributed by atoms with E-state index < -0.39 is 0 Å². The smallest absolute Gasteiger partial charge is 0.164 e. The molecular weight excluding hydrogens is 302 g/mol. The molecule has 2 rings (SSSR count). The van der Waals surface area contributed by atoms with Crippen molar-refractivity contribution in [1.29, 1.82) is 0 Å². The molecule has 1 heterocycles. The average molecular weight is 315 g/mol. The Morgan fingerprint density at radius 1 is 1.35 bits per heavy atom. The van der Waals surface area contributed by atoms with Gasteiger partial charge in [-0.2, -0.15) is 0 Å². The molecule has 0 fully saturated rings. The predicted octanol–water partition coefficient (Wildman–Crippen LogP) is 3.86. The van der Waals surface area contributed by atoms with Crippen molar-refractivity contribution >= 4 is 27.5 Å². The van der Waals surface area contributed by atoms with Crippen molar-refractivity contribution < 1.29 is 0 Å². The fourth-order valence-corrected chi connectivity index (χ4v) is 2.33. The number of nitrogens with zero attached hydrogens (tertiary/aromatic N) is 3. The monoisotopic (exact) mass is 313 g/mol. The van der Waals surface area contributed by atoms with Crippen LogP contribution in [0, 0.1) is 0 Å². The standard InChI is InChI=1S/C12H13BrClN3/c1-2-6-17-11(8-14)15-16-12(17)9-4-3-5-10(13)7-9/h3-5,7H,2,6,8H2,1H3. The minimum Gasteiger partial charge on any atom is -0.310 e. The first-order chi connectivity index (χ1) is 8.26. The number of rotatable bonds is 4. The summed E-state index contributed by atoms with van der Waals surface area (Å²) in [5.41, 5.74) is 1.05. The molecule has 0 amide bonds. The molecule has 90 valence electrons. The average Bonchev–Trinajstić information content (AvgIpc) is 2.72. The van der Waals surface area contributed by atoms with E-state index in [2.05, 4.69) is 37.6 Å². The second-order valence-electron chi connectivity index (χ2n) is 3.74. The van der Waals surface area contributed by atoms with Gasteiger partial charge in [0.25, 0.3) is 0 Å². The van der Waals surface area contributed by atoms with Gasteiger partial charge < -0.3 is 4.57 Å². The van der Waals surface area contributed by atoms with Crippen LogP contribution >= 0.6 is 27.5 Å². The second kappa shape index (κ2) is 5.65. The number of halogens is 2. The highest BCUT2D eigenvalue weighted by atomic mass is 79.9. The summed E-state index contributed by atoms with van der Waals surface area (Å²) in [6, 6.07) is 8.05. The van der Waals surface area contributed by atoms with Crippen molar-refractivity contribution in [2.75, 3.05) is 0 Å². The Morgan fingerprint density at radius 3 is 2.82 bits per heavy atom. The molecular formula is C12H13BrClN3. The maximum atomic E-state index is 5.87. The maximum Gasteiger partial charge on any atom is 0.164 e. The molecule has 1 aromatic carbocycles. The fourth-order valence-electron chi connectivity index (χ4n) is 1.73. The van der Waals surface area contributed by atoms with Crippen LogP contribution < -0.4 is 0 Å². The minimum atomic E-state index is 0.390. The first kappa shape index (κ1) is 12.6. The van der Waals surface area contributed by atoms with Crippen molar-refractivity contribution in [3.63, 3.8) is 0 Å². The highest BCUT2D eigenvalue weighted by Crippen LogP contribution is 2.22. The first-order valence-electron chi connectivity index (χ1n) is 5.50. The molecule has 1 aromatic heterocycles. The Bertz CT molecular complexity index is 510. The van der Waals surface area contributed by atoms with Gasteiger partial charge in [-0.05, 0) is 18.6 Å². The van der Waals surface area contributed by atoms with Crippen LogP contribution in [0.1, 0.15) is 19.2 Å². The zero-order valence-corrected chi connectivity index (χ0v) is 11.9. The van der Waals surface area contributed by atoms with E-state index in [0.29, 0.717) is 5.88 Å². The van der Waals surface area contributed by atoms with E-state index in [1.807, 2.05) is 24.3 Å². The largest absolute Gasteiger partial charge is 0.310 e. The molecule has 0 atom stereocenters. The Kier molecular flexibility index (Phi) is 4.18. The summed E-state index contributed by atoms with van der Waals surface area (Å²) < 4.78 is 3.11. The summed E-state index contributed by atoms with van der Waals surface area (Å²) in [5.74, 6) is 2.09. The molecule has 0 saturated carbocycles. The molecule has 2 aromatic rings. The van der Waals surface area contributed by atoms with Gasteiger partial charge in [-0.1, -0.05) is 35.0 Å². The molecule has 3 nitrogen and oxygen atoms in total. The van der Waals surface area contributed by atoms with Crippen LogP contribution in [0.3, 0.4) is 0 Å². The molecule has 0 saturated heterocycles. The molecule has 0 unspecified atom stereocenters. The van der Waals surface area contributed by atoms with Crippen LogP contribution in [0.4, 0.5) is 0 Å². The number of alkyl halides is 1. The Balaban J connectivity index is 2.47. The maximum absolute atomic E-state index is 5.87.